The number of carbonyl (C=O) groups excluding carboxylic acids is 3. The van der Waals surface area contributed by atoms with Crippen LogP contribution >= 0.6 is 11.3 Å². The van der Waals surface area contributed by atoms with Crippen LogP contribution < -0.4 is 10.1 Å². The van der Waals surface area contributed by atoms with Gasteiger partial charge in [0.1, 0.15) is 11.4 Å². The average molecular weight is 522 g/mol. The summed E-state index contributed by atoms with van der Waals surface area (Å²) in [6, 6.07) is 15.4. The van der Waals surface area contributed by atoms with Gasteiger partial charge in [-0.2, -0.15) is 0 Å². The number of aromatic nitrogens is 1. The van der Waals surface area contributed by atoms with Crippen LogP contribution in [0.25, 0.3) is 11.1 Å². The van der Waals surface area contributed by atoms with Crippen molar-refractivity contribution < 1.29 is 23.9 Å². The van der Waals surface area contributed by atoms with Crippen LogP contribution in [-0.4, -0.2) is 55.0 Å². The first-order chi connectivity index (χ1) is 17.9. The highest BCUT2D eigenvalue weighted by atomic mass is 32.1. The lowest BCUT2D eigenvalue weighted by atomic mass is 9.96. The molecule has 0 aliphatic carbocycles. The van der Waals surface area contributed by atoms with Crippen LogP contribution in [0, 0.1) is 5.92 Å². The molecule has 8 nitrogen and oxygen atoms in total. The van der Waals surface area contributed by atoms with Gasteiger partial charge in [-0.1, -0.05) is 37.3 Å². The molecule has 1 aliphatic rings. The lowest BCUT2D eigenvalue weighted by Gasteiger charge is -2.32. The summed E-state index contributed by atoms with van der Waals surface area (Å²) in [5.41, 5.74) is 2.90. The number of hydrogen-bond acceptors (Lipinski definition) is 7. The Morgan fingerprint density at radius 1 is 1.11 bits per heavy atom. The van der Waals surface area contributed by atoms with E-state index in [9.17, 15) is 14.4 Å². The minimum absolute atomic E-state index is 0.0319. The van der Waals surface area contributed by atoms with Gasteiger partial charge in [0, 0.05) is 41.9 Å². The van der Waals surface area contributed by atoms with Gasteiger partial charge >= 0.3 is 5.97 Å². The Bertz CT molecular complexity index is 1250. The van der Waals surface area contributed by atoms with E-state index in [1.54, 1.807) is 30.4 Å². The molecule has 3 aromatic rings. The van der Waals surface area contributed by atoms with Gasteiger partial charge < -0.3 is 19.7 Å². The Hall–Kier alpha value is -3.72. The smallest absolute Gasteiger partial charge is 0.306 e. The maximum atomic E-state index is 13.1. The lowest BCUT2D eigenvalue weighted by molar-refractivity contribution is -0.146. The van der Waals surface area contributed by atoms with Crippen molar-refractivity contribution in [1.29, 1.82) is 0 Å². The number of hydrogen-bond donors (Lipinski definition) is 1. The topological polar surface area (TPSA) is 97.8 Å². The van der Waals surface area contributed by atoms with Crippen LogP contribution in [0.2, 0.25) is 0 Å². The fraction of sp³-hybridized carbons (Fsp3) is 0.357. The molecular weight excluding hydrogens is 490 g/mol. The third kappa shape index (κ3) is 6.35. The number of methoxy groups -OCH3 is 2. The molecule has 1 aromatic heterocycles. The zero-order valence-electron chi connectivity index (χ0n) is 21.2. The summed E-state index contributed by atoms with van der Waals surface area (Å²) in [7, 11) is 2.92. The van der Waals surface area contributed by atoms with E-state index in [0.717, 1.165) is 29.0 Å². The molecule has 9 heteroatoms. The minimum atomic E-state index is -0.406. The van der Waals surface area contributed by atoms with Gasteiger partial charge in [-0.15, -0.1) is 11.3 Å². The summed E-state index contributed by atoms with van der Waals surface area (Å²) < 4.78 is 10.0. The molecular formula is C28H31N3O5S. The number of carbonyl (C=O) groups is 3. The highest BCUT2D eigenvalue weighted by Crippen LogP contribution is 2.33. The summed E-state index contributed by atoms with van der Waals surface area (Å²) in [6.07, 6.45) is 1.61. The van der Waals surface area contributed by atoms with Gasteiger partial charge in [-0.3, -0.25) is 14.4 Å². The van der Waals surface area contributed by atoms with Crippen LogP contribution in [-0.2, 0) is 14.3 Å². The number of likely N-dealkylation sites (tertiary alicyclic amines) is 1. The molecule has 1 saturated heterocycles. The summed E-state index contributed by atoms with van der Waals surface area (Å²) in [6.45, 7) is 2.95. The molecule has 1 N–H and O–H groups in total. The molecule has 37 heavy (non-hydrogen) atoms. The second-order valence-corrected chi connectivity index (χ2v) is 9.97. The summed E-state index contributed by atoms with van der Waals surface area (Å²) >= 11 is 1.47. The Balaban J connectivity index is 1.40. The number of piperidine rings is 1. The molecule has 2 amide bonds. The largest absolute Gasteiger partial charge is 0.497 e. The SMILES string of the molecule is COC(=O)CC(C)C(=O)N1CCC(c2nc(C(=O)Nc3cc(OC)ccc3-c3ccccc3)cs2)CC1. The van der Waals surface area contributed by atoms with E-state index in [1.807, 2.05) is 42.5 Å². The zero-order chi connectivity index (χ0) is 26.4. The lowest BCUT2D eigenvalue weighted by Crippen LogP contribution is -2.41. The molecule has 0 bridgehead atoms. The number of thiazole rings is 1. The van der Waals surface area contributed by atoms with E-state index < -0.39 is 5.92 Å². The molecule has 0 spiro atoms. The first-order valence-electron chi connectivity index (χ1n) is 12.3. The van der Waals surface area contributed by atoms with Crippen molar-refractivity contribution in [2.75, 3.05) is 32.6 Å². The fourth-order valence-electron chi connectivity index (χ4n) is 4.47. The van der Waals surface area contributed by atoms with Crippen molar-refractivity contribution in [3.63, 3.8) is 0 Å². The Morgan fingerprint density at radius 3 is 2.51 bits per heavy atom. The van der Waals surface area contributed by atoms with Gasteiger partial charge in [0.15, 0.2) is 0 Å². The van der Waals surface area contributed by atoms with Crippen LogP contribution in [0.1, 0.15) is 47.6 Å². The van der Waals surface area contributed by atoms with Crippen LogP contribution in [0.3, 0.4) is 0 Å². The number of ether oxygens (including phenoxy) is 2. The number of amides is 2. The third-order valence-corrected chi connectivity index (χ3v) is 7.60. The number of esters is 1. The Labute approximate surface area is 220 Å². The van der Waals surface area contributed by atoms with Crippen molar-refractivity contribution >= 4 is 34.8 Å². The van der Waals surface area contributed by atoms with E-state index in [-0.39, 0.29) is 30.1 Å². The zero-order valence-corrected chi connectivity index (χ0v) is 22.0. The van der Waals surface area contributed by atoms with Crippen molar-refractivity contribution in [2.45, 2.75) is 32.1 Å². The van der Waals surface area contributed by atoms with Crippen molar-refractivity contribution in [1.82, 2.24) is 9.88 Å². The molecule has 2 heterocycles. The predicted octanol–water partition coefficient (Wildman–Crippen LogP) is 4.98. The molecule has 1 unspecified atom stereocenters. The number of nitrogens with zero attached hydrogens (tertiary/aromatic N) is 2. The molecule has 1 aliphatic heterocycles. The number of nitrogens with one attached hydrogen (secondary N) is 1. The molecule has 0 saturated carbocycles. The summed E-state index contributed by atoms with van der Waals surface area (Å²) in [5, 5.41) is 5.68. The van der Waals surface area contributed by atoms with Crippen molar-refractivity contribution in [3.8, 4) is 16.9 Å². The van der Waals surface area contributed by atoms with Crippen molar-refractivity contribution in [3.05, 3.63) is 64.6 Å². The number of rotatable bonds is 8. The Morgan fingerprint density at radius 2 is 1.84 bits per heavy atom. The maximum Gasteiger partial charge on any atom is 0.306 e. The quantitative estimate of drug-likeness (QED) is 0.420. The van der Waals surface area contributed by atoms with E-state index in [2.05, 4.69) is 15.0 Å². The van der Waals surface area contributed by atoms with E-state index >= 15 is 0 Å². The van der Waals surface area contributed by atoms with E-state index in [1.165, 1.54) is 18.4 Å². The van der Waals surface area contributed by atoms with Gasteiger partial charge in [0.2, 0.25) is 5.91 Å². The normalized spacial score (nSPS) is 14.6. The molecule has 0 radical (unpaired) electrons. The second kappa shape index (κ2) is 12.0. The van der Waals surface area contributed by atoms with Gasteiger partial charge in [0.25, 0.3) is 5.91 Å². The van der Waals surface area contributed by atoms with Crippen LogP contribution in [0.4, 0.5) is 5.69 Å². The first kappa shape index (κ1) is 26.3. The molecule has 194 valence electrons. The molecule has 1 fully saturated rings. The summed E-state index contributed by atoms with van der Waals surface area (Å²) in [5.74, 6) is -0.266. The second-order valence-electron chi connectivity index (χ2n) is 9.08. The third-order valence-electron chi connectivity index (χ3n) is 6.59. The molecule has 1 atom stereocenters. The van der Waals surface area contributed by atoms with Gasteiger partial charge in [-0.05, 0) is 30.5 Å². The first-order valence-corrected chi connectivity index (χ1v) is 13.1. The van der Waals surface area contributed by atoms with Gasteiger partial charge in [0.05, 0.1) is 31.3 Å². The number of benzene rings is 2. The van der Waals surface area contributed by atoms with E-state index in [4.69, 9.17) is 4.74 Å². The minimum Gasteiger partial charge on any atom is -0.497 e. The predicted molar refractivity (Wildman–Crippen MR) is 143 cm³/mol. The number of anilines is 1. The maximum absolute atomic E-state index is 13.1. The molecule has 2 aromatic carbocycles. The molecule has 4 rings (SSSR count). The average Bonchev–Trinajstić information content (AvgIpc) is 3.43. The van der Waals surface area contributed by atoms with Crippen LogP contribution in [0.15, 0.2) is 53.9 Å². The van der Waals surface area contributed by atoms with Gasteiger partial charge in [-0.25, -0.2) is 4.98 Å². The van der Waals surface area contributed by atoms with Crippen LogP contribution in [0.5, 0.6) is 5.75 Å². The standard InChI is InChI=1S/C28H31N3O5S/c1-18(15-25(32)36-3)28(34)31-13-11-20(12-14-31)27-30-24(17-37-27)26(33)29-23-16-21(35-2)9-10-22(23)19-7-5-4-6-8-19/h4-10,16-18,20H,11-15H2,1-3H3,(H,29,33). The van der Waals surface area contributed by atoms with E-state index in [0.29, 0.717) is 30.2 Å². The van der Waals surface area contributed by atoms with Crippen molar-refractivity contribution in [2.24, 2.45) is 5.92 Å². The Kier molecular flexibility index (Phi) is 8.55. The summed E-state index contributed by atoms with van der Waals surface area (Å²) in [4.78, 5) is 43.8. The highest BCUT2D eigenvalue weighted by molar-refractivity contribution is 7.10. The monoisotopic (exact) mass is 521 g/mol. The highest BCUT2D eigenvalue weighted by Gasteiger charge is 2.29. The fourth-order valence-corrected chi connectivity index (χ4v) is 5.44.